The molecular formula is C22H25N3O3. The molecule has 3 aliphatic rings. The molecule has 0 unspecified atom stereocenters. The third-order valence-corrected chi connectivity index (χ3v) is 5.86. The summed E-state index contributed by atoms with van der Waals surface area (Å²) < 4.78 is 10.9. The van der Waals surface area contributed by atoms with Crippen molar-refractivity contribution in [2.45, 2.75) is 13.0 Å². The van der Waals surface area contributed by atoms with Gasteiger partial charge in [0.05, 0.1) is 6.54 Å². The lowest BCUT2D eigenvalue weighted by Crippen LogP contribution is -2.49. The molecule has 0 bridgehead atoms. The number of nitrogens with zero attached hydrogens (tertiary/aromatic N) is 3. The monoisotopic (exact) mass is 379 g/mol. The Labute approximate surface area is 165 Å². The Balaban J connectivity index is 1.13. The van der Waals surface area contributed by atoms with Crippen molar-refractivity contribution in [2.75, 3.05) is 51.0 Å². The number of hydrogen-bond donors (Lipinski definition) is 0. The van der Waals surface area contributed by atoms with Gasteiger partial charge < -0.3 is 14.4 Å². The fourth-order valence-corrected chi connectivity index (χ4v) is 4.28. The molecule has 28 heavy (non-hydrogen) atoms. The lowest BCUT2D eigenvalue weighted by molar-refractivity contribution is -0.120. The number of para-hydroxylation sites is 1. The van der Waals surface area contributed by atoms with Gasteiger partial charge in [-0.05, 0) is 35.7 Å². The average Bonchev–Trinajstić information content (AvgIpc) is 3.36. The van der Waals surface area contributed by atoms with Gasteiger partial charge in [-0.3, -0.25) is 14.6 Å². The highest BCUT2D eigenvalue weighted by atomic mass is 16.7. The largest absolute Gasteiger partial charge is 0.454 e. The fraction of sp³-hybridized carbons (Fsp3) is 0.409. The molecule has 0 radical (unpaired) electrons. The molecule has 0 aromatic heterocycles. The number of amides is 1. The normalized spacial score (nSPS) is 19.1. The summed E-state index contributed by atoms with van der Waals surface area (Å²) >= 11 is 0. The Morgan fingerprint density at radius 3 is 2.57 bits per heavy atom. The predicted molar refractivity (Wildman–Crippen MR) is 107 cm³/mol. The number of carbonyl (C=O) groups excluding carboxylic acids is 1. The quantitative estimate of drug-likeness (QED) is 0.814. The molecule has 3 heterocycles. The molecular weight excluding hydrogens is 354 g/mol. The Morgan fingerprint density at radius 1 is 0.893 bits per heavy atom. The summed E-state index contributed by atoms with van der Waals surface area (Å²) in [6, 6.07) is 14.4. The molecule has 0 spiro atoms. The van der Waals surface area contributed by atoms with Crippen LogP contribution in [0.3, 0.4) is 0 Å². The minimum Gasteiger partial charge on any atom is -0.454 e. The van der Waals surface area contributed by atoms with Crippen molar-refractivity contribution in [3.8, 4) is 11.5 Å². The van der Waals surface area contributed by atoms with Crippen molar-refractivity contribution >= 4 is 11.6 Å². The van der Waals surface area contributed by atoms with Crippen molar-refractivity contribution in [1.29, 1.82) is 0 Å². The van der Waals surface area contributed by atoms with Gasteiger partial charge in [0.1, 0.15) is 0 Å². The van der Waals surface area contributed by atoms with Gasteiger partial charge in [-0.2, -0.15) is 0 Å². The number of rotatable bonds is 4. The molecule has 1 saturated heterocycles. The maximum Gasteiger partial charge on any atom is 0.241 e. The van der Waals surface area contributed by atoms with Crippen molar-refractivity contribution in [2.24, 2.45) is 0 Å². The van der Waals surface area contributed by atoms with Gasteiger partial charge in [-0.1, -0.05) is 24.3 Å². The molecule has 0 saturated carbocycles. The van der Waals surface area contributed by atoms with Crippen LogP contribution in [0.4, 0.5) is 5.69 Å². The van der Waals surface area contributed by atoms with Gasteiger partial charge in [-0.15, -0.1) is 0 Å². The SMILES string of the molecule is O=C(CN1CCN(Cc2ccc3c(c2)OCO3)CC1)N1CCc2ccccc21. The average molecular weight is 379 g/mol. The topological polar surface area (TPSA) is 45.3 Å². The summed E-state index contributed by atoms with van der Waals surface area (Å²) in [6.45, 7) is 6.31. The molecule has 0 aliphatic carbocycles. The zero-order chi connectivity index (χ0) is 18.9. The van der Waals surface area contributed by atoms with Gasteiger partial charge in [0.2, 0.25) is 12.7 Å². The van der Waals surface area contributed by atoms with Crippen molar-refractivity contribution in [3.05, 3.63) is 53.6 Å². The minimum atomic E-state index is 0.217. The lowest BCUT2D eigenvalue weighted by atomic mass is 10.1. The van der Waals surface area contributed by atoms with E-state index in [9.17, 15) is 4.79 Å². The highest BCUT2D eigenvalue weighted by Crippen LogP contribution is 2.33. The third-order valence-electron chi connectivity index (χ3n) is 5.86. The Bertz CT molecular complexity index is 877. The van der Waals surface area contributed by atoms with Crippen LogP contribution in [0.5, 0.6) is 11.5 Å². The first kappa shape index (κ1) is 17.5. The van der Waals surface area contributed by atoms with E-state index in [4.69, 9.17) is 9.47 Å². The minimum absolute atomic E-state index is 0.217. The summed E-state index contributed by atoms with van der Waals surface area (Å²) in [7, 11) is 0. The first-order valence-corrected chi connectivity index (χ1v) is 9.98. The van der Waals surface area contributed by atoms with Gasteiger partial charge in [-0.25, -0.2) is 0 Å². The summed E-state index contributed by atoms with van der Waals surface area (Å²) in [4.78, 5) is 19.5. The first-order valence-electron chi connectivity index (χ1n) is 9.98. The number of carbonyl (C=O) groups is 1. The molecule has 5 rings (SSSR count). The van der Waals surface area contributed by atoms with Crippen molar-refractivity contribution in [1.82, 2.24) is 9.80 Å². The molecule has 0 atom stereocenters. The van der Waals surface area contributed by atoms with Crippen LogP contribution in [0.1, 0.15) is 11.1 Å². The maximum atomic E-state index is 12.8. The van der Waals surface area contributed by atoms with Gasteiger partial charge in [0.15, 0.2) is 11.5 Å². The van der Waals surface area contributed by atoms with E-state index >= 15 is 0 Å². The third kappa shape index (κ3) is 3.45. The van der Waals surface area contributed by atoms with Gasteiger partial charge in [0.25, 0.3) is 0 Å². The van der Waals surface area contributed by atoms with Crippen LogP contribution >= 0.6 is 0 Å². The van der Waals surface area contributed by atoms with Crippen LogP contribution in [0.2, 0.25) is 0 Å². The van der Waals surface area contributed by atoms with Crippen LogP contribution in [-0.2, 0) is 17.8 Å². The molecule has 1 fully saturated rings. The second kappa shape index (κ2) is 7.45. The van der Waals surface area contributed by atoms with E-state index in [0.29, 0.717) is 13.3 Å². The molecule has 6 nitrogen and oxygen atoms in total. The maximum absolute atomic E-state index is 12.8. The molecule has 2 aromatic carbocycles. The summed E-state index contributed by atoms with van der Waals surface area (Å²) in [6.07, 6.45) is 0.964. The molecule has 146 valence electrons. The number of benzene rings is 2. The predicted octanol–water partition coefficient (Wildman–Crippen LogP) is 2.12. The summed E-state index contributed by atoms with van der Waals surface area (Å²) in [5.74, 6) is 1.89. The zero-order valence-corrected chi connectivity index (χ0v) is 16.0. The Hall–Kier alpha value is -2.57. The van der Waals surface area contributed by atoms with E-state index in [1.807, 2.05) is 23.1 Å². The molecule has 0 N–H and O–H groups in total. The first-order chi connectivity index (χ1) is 13.8. The van der Waals surface area contributed by atoms with Crippen LogP contribution in [-0.4, -0.2) is 61.8 Å². The molecule has 2 aromatic rings. The van der Waals surface area contributed by atoms with Crippen LogP contribution in [0.25, 0.3) is 0 Å². The van der Waals surface area contributed by atoms with E-state index in [2.05, 4.69) is 34.1 Å². The Morgan fingerprint density at radius 2 is 1.68 bits per heavy atom. The van der Waals surface area contributed by atoms with E-state index in [1.54, 1.807) is 0 Å². The van der Waals surface area contributed by atoms with Gasteiger partial charge >= 0.3 is 0 Å². The van der Waals surface area contributed by atoms with Crippen molar-refractivity contribution < 1.29 is 14.3 Å². The lowest BCUT2D eigenvalue weighted by Gasteiger charge is -2.35. The highest BCUT2D eigenvalue weighted by molar-refractivity contribution is 5.96. The number of piperazine rings is 1. The Kier molecular flexibility index (Phi) is 4.66. The zero-order valence-electron chi connectivity index (χ0n) is 16.0. The number of fused-ring (bicyclic) bond motifs is 2. The molecule has 1 amide bonds. The standard InChI is InChI=1S/C22H25N3O3/c26-22(25-8-7-18-3-1-2-4-19(18)25)15-24-11-9-23(10-12-24)14-17-5-6-20-21(13-17)28-16-27-20/h1-6,13H,7-12,14-16H2. The number of ether oxygens (including phenoxy) is 2. The van der Waals surface area contributed by atoms with Crippen LogP contribution in [0.15, 0.2) is 42.5 Å². The highest BCUT2D eigenvalue weighted by Gasteiger charge is 2.27. The summed E-state index contributed by atoms with van der Waals surface area (Å²) in [5.41, 5.74) is 3.61. The molecule has 6 heteroatoms. The van der Waals surface area contributed by atoms with E-state index in [0.717, 1.165) is 62.9 Å². The van der Waals surface area contributed by atoms with Crippen molar-refractivity contribution in [3.63, 3.8) is 0 Å². The molecule has 3 aliphatic heterocycles. The number of hydrogen-bond acceptors (Lipinski definition) is 5. The van der Waals surface area contributed by atoms with Crippen LogP contribution < -0.4 is 14.4 Å². The number of anilines is 1. The smallest absolute Gasteiger partial charge is 0.241 e. The van der Waals surface area contributed by atoms with Crippen LogP contribution in [0, 0.1) is 0 Å². The van der Waals surface area contributed by atoms with E-state index in [-0.39, 0.29) is 5.91 Å². The second-order valence-electron chi connectivity index (χ2n) is 7.66. The van der Waals surface area contributed by atoms with Gasteiger partial charge in [0, 0.05) is 45.0 Å². The second-order valence-corrected chi connectivity index (χ2v) is 7.66. The van der Waals surface area contributed by atoms with E-state index in [1.165, 1.54) is 11.1 Å². The summed E-state index contributed by atoms with van der Waals surface area (Å²) in [5, 5.41) is 0. The fourth-order valence-electron chi connectivity index (χ4n) is 4.28. The van der Waals surface area contributed by atoms with E-state index < -0.39 is 0 Å².